The summed E-state index contributed by atoms with van der Waals surface area (Å²) in [5.41, 5.74) is 4.32. The number of nitrogens with zero attached hydrogens (tertiary/aromatic N) is 5. The van der Waals surface area contributed by atoms with Crippen molar-refractivity contribution in [2.75, 3.05) is 0 Å². The minimum absolute atomic E-state index is 0.559. The topological polar surface area (TPSA) is 56.5 Å². The van der Waals surface area contributed by atoms with Crippen LogP contribution >= 0.6 is 0 Å². The summed E-state index contributed by atoms with van der Waals surface area (Å²) in [6.45, 7) is 4.16. The van der Waals surface area contributed by atoms with Crippen molar-refractivity contribution in [1.82, 2.24) is 24.7 Å². The van der Waals surface area contributed by atoms with E-state index in [1.165, 1.54) is 0 Å². The molecule has 0 saturated carbocycles. The Balaban J connectivity index is 2.03. The molecule has 122 valence electrons. The van der Waals surface area contributed by atoms with Crippen LogP contribution in [-0.4, -0.2) is 24.7 Å². The number of rotatable bonds is 3. The number of hydrogen-bond donors (Lipinski definition) is 0. The normalized spacial score (nSPS) is 10.8. The number of aromatic nitrogens is 5. The molecule has 0 amide bonds. The lowest BCUT2D eigenvalue weighted by molar-refractivity contribution is 0.934. The van der Waals surface area contributed by atoms with Crippen molar-refractivity contribution >= 4 is 0 Å². The van der Waals surface area contributed by atoms with Gasteiger partial charge in [0.1, 0.15) is 0 Å². The predicted octanol–water partition coefficient (Wildman–Crippen LogP) is 4.01. The molecule has 0 atom stereocenters. The lowest BCUT2D eigenvalue weighted by atomic mass is 10.0. The summed E-state index contributed by atoms with van der Waals surface area (Å²) >= 11 is 0. The largest absolute Gasteiger partial charge is 0.242 e. The highest BCUT2D eigenvalue weighted by atomic mass is 15.3. The van der Waals surface area contributed by atoms with Crippen molar-refractivity contribution in [3.05, 3.63) is 78.1 Å². The molecule has 2 aromatic heterocycles. The summed E-state index contributed by atoms with van der Waals surface area (Å²) in [5, 5.41) is 8.95. The Morgan fingerprint density at radius 1 is 0.680 bits per heavy atom. The molecule has 2 heterocycles. The predicted molar refractivity (Wildman–Crippen MR) is 97.3 cm³/mol. The van der Waals surface area contributed by atoms with Gasteiger partial charge in [0.2, 0.25) is 5.95 Å². The summed E-state index contributed by atoms with van der Waals surface area (Å²) in [4.78, 5) is 8.85. The summed E-state index contributed by atoms with van der Waals surface area (Å²) in [5.74, 6) is 2.04. The smallest absolute Gasteiger partial charge is 0.237 e. The number of benzene rings is 2. The second-order valence-corrected chi connectivity index (χ2v) is 5.86. The zero-order chi connectivity index (χ0) is 17.2. The third-order valence-electron chi connectivity index (χ3n) is 4.15. The standard InChI is InChI=1S/C20H17N5/c1-14-8-6-9-15(2)17(14)19-24-23-18(16-10-4-3-5-11-16)25(19)20-21-12-7-13-22-20/h3-13H,1-2H3. The zero-order valence-electron chi connectivity index (χ0n) is 14.1. The molecule has 25 heavy (non-hydrogen) atoms. The molecule has 0 N–H and O–H groups in total. The van der Waals surface area contributed by atoms with Gasteiger partial charge in [0.05, 0.1) is 0 Å². The maximum absolute atomic E-state index is 4.49. The van der Waals surface area contributed by atoms with Crippen LogP contribution in [0.25, 0.3) is 28.7 Å². The molecule has 0 aliphatic carbocycles. The van der Waals surface area contributed by atoms with Crippen LogP contribution in [0.1, 0.15) is 11.1 Å². The van der Waals surface area contributed by atoms with Gasteiger partial charge in [-0.05, 0) is 31.0 Å². The Morgan fingerprint density at radius 3 is 2.00 bits per heavy atom. The second kappa shape index (κ2) is 6.28. The van der Waals surface area contributed by atoms with E-state index in [0.29, 0.717) is 5.95 Å². The molecule has 0 saturated heterocycles. The van der Waals surface area contributed by atoms with E-state index < -0.39 is 0 Å². The van der Waals surface area contributed by atoms with Gasteiger partial charge in [-0.2, -0.15) is 0 Å². The maximum Gasteiger partial charge on any atom is 0.237 e. The first-order valence-corrected chi connectivity index (χ1v) is 8.10. The maximum atomic E-state index is 4.49. The highest BCUT2D eigenvalue weighted by Gasteiger charge is 2.20. The van der Waals surface area contributed by atoms with Gasteiger partial charge in [0, 0.05) is 23.5 Å². The average Bonchev–Trinajstić information content (AvgIpc) is 3.08. The van der Waals surface area contributed by atoms with Gasteiger partial charge >= 0.3 is 0 Å². The van der Waals surface area contributed by atoms with Crippen LogP contribution < -0.4 is 0 Å². The fourth-order valence-corrected chi connectivity index (χ4v) is 2.98. The van der Waals surface area contributed by atoms with Crippen LogP contribution in [0.5, 0.6) is 0 Å². The van der Waals surface area contributed by atoms with Gasteiger partial charge in [-0.1, -0.05) is 48.5 Å². The molecule has 2 aromatic carbocycles. The molecular formula is C20H17N5. The van der Waals surface area contributed by atoms with E-state index in [1.807, 2.05) is 41.0 Å². The van der Waals surface area contributed by atoms with Crippen molar-refractivity contribution < 1.29 is 0 Å². The Labute approximate surface area is 146 Å². The van der Waals surface area contributed by atoms with Gasteiger partial charge in [0.15, 0.2) is 11.6 Å². The summed E-state index contributed by atoms with van der Waals surface area (Å²) in [6.07, 6.45) is 3.46. The molecule has 0 aliphatic rings. The lowest BCUT2D eigenvalue weighted by Crippen LogP contribution is -2.06. The van der Waals surface area contributed by atoms with E-state index in [1.54, 1.807) is 18.5 Å². The Hall–Kier alpha value is -3.34. The van der Waals surface area contributed by atoms with E-state index in [-0.39, 0.29) is 0 Å². The van der Waals surface area contributed by atoms with E-state index in [4.69, 9.17) is 0 Å². The summed E-state index contributed by atoms with van der Waals surface area (Å²) in [7, 11) is 0. The molecule has 5 heteroatoms. The molecule has 0 bridgehead atoms. The summed E-state index contributed by atoms with van der Waals surface area (Å²) in [6, 6.07) is 18.0. The molecule has 5 nitrogen and oxygen atoms in total. The molecule has 4 rings (SSSR count). The van der Waals surface area contributed by atoms with Gasteiger partial charge in [0.25, 0.3) is 0 Å². The molecule has 0 radical (unpaired) electrons. The first kappa shape index (κ1) is 15.2. The quantitative estimate of drug-likeness (QED) is 0.570. The van der Waals surface area contributed by atoms with Gasteiger partial charge in [-0.15, -0.1) is 10.2 Å². The molecule has 0 aliphatic heterocycles. The average molecular weight is 327 g/mol. The highest BCUT2D eigenvalue weighted by Crippen LogP contribution is 2.30. The van der Waals surface area contributed by atoms with Crippen LogP contribution in [0.3, 0.4) is 0 Å². The van der Waals surface area contributed by atoms with Crippen molar-refractivity contribution in [1.29, 1.82) is 0 Å². The molecule has 0 spiro atoms. The van der Waals surface area contributed by atoms with Crippen molar-refractivity contribution in [3.63, 3.8) is 0 Å². The molecule has 0 fully saturated rings. The van der Waals surface area contributed by atoms with E-state index in [2.05, 4.69) is 46.1 Å². The Bertz CT molecular complexity index is 987. The van der Waals surface area contributed by atoms with Crippen molar-refractivity contribution in [2.45, 2.75) is 13.8 Å². The third-order valence-corrected chi connectivity index (χ3v) is 4.15. The SMILES string of the molecule is Cc1cccc(C)c1-c1nnc(-c2ccccc2)n1-c1ncccn1. The Kier molecular flexibility index (Phi) is 3.82. The van der Waals surface area contributed by atoms with E-state index >= 15 is 0 Å². The van der Waals surface area contributed by atoms with Crippen LogP contribution in [0, 0.1) is 13.8 Å². The van der Waals surface area contributed by atoms with Crippen LogP contribution in [0.15, 0.2) is 67.0 Å². The fraction of sp³-hybridized carbons (Fsp3) is 0.100. The first-order chi connectivity index (χ1) is 12.3. The number of hydrogen-bond acceptors (Lipinski definition) is 4. The minimum atomic E-state index is 0.559. The van der Waals surface area contributed by atoms with Gasteiger partial charge in [-0.25, -0.2) is 14.5 Å². The number of aryl methyl sites for hydroxylation is 2. The van der Waals surface area contributed by atoms with Crippen molar-refractivity contribution in [3.8, 4) is 28.7 Å². The van der Waals surface area contributed by atoms with E-state index in [0.717, 1.165) is 33.9 Å². The summed E-state index contributed by atoms with van der Waals surface area (Å²) < 4.78 is 1.92. The van der Waals surface area contributed by atoms with Crippen LogP contribution in [0.4, 0.5) is 0 Å². The minimum Gasteiger partial charge on any atom is -0.242 e. The highest BCUT2D eigenvalue weighted by molar-refractivity contribution is 5.69. The fourth-order valence-electron chi connectivity index (χ4n) is 2.98. The monoisotopic (exact) mass is 327 g/mol. The van der Waals surface area contributed by atoms with Gasteiger partial charge in [-0.3, -0.25) is 0 Å². The zero-order valence-corrected chi connectivity index (χ0v) is 14.1. The van der Waals surface area contributed by atoms with Gasteiger partial charge < -0.3 is 0 Å². The van der Waals surface area contributed by atoms with E-state index in [9.17, 15) is 0 Å². The molecular weight excluding hydrogens is 310 g/mol. The first-order valence-electron chi connectivity index (χ1n) is 8.10. The lowest BCUT2D eigenvalue weighted by Gasteiger charge is -2.12. The molecule has 4 aromatic rings. The van der Waals surface area contributed by atoms with Crippen molar-refractivity contribution in [2.24, 2.45) is 0 Å². The van der Waals surface area contributed by atoms with Crippen LogP contribution in [-0.2, 0) is 0 Å². The van der Waals surface area contributed by atoms with Crippen LogP contribution in [0.2, 0.25) is 0 Å². The molecule has 0 unspecified atom stereocenters. The Morgan fingerprint density at radius 2 is 1.32 bits per heavy atom. The third kappa shape index (κ3) is 2.70. The second-order valence-electron chi connectivity index (χ2n) is 5.86.